The van der Waals surface area contributed by atoms with Crippen molar-refractivity contribution in [1.29, 1.82) is 0 Å². The molecule has 1 aliphatic heterocycles. The zero-order valence-corrected chi connectivity index (χ0v) is 18.4. The zero-order valence-electron chi connectivity index (χ0n) is 16.1. The van der Waals surface area contributed by atoms with Crippen LogP contribution in [-0.2, 0) is 14.3 Å². The third-order valence-corrected chi connectivity index (χ3v) is 3.91. The number of nitrogens with zero attached hydrogens (tertiary/aromatic N) is 1. The predicted molar refractivity (Wildman–Crippen MR) is 118 cm³/mol. The number of carbonyl (C=O) groups excluding carboxylic acids is 2. The zero-order chi connectivity index (χ0) is 18.9. The van der Waals surface area contributed by atoms with Crippen LogP contribution in [0.1, 0.15) is 45.1 Å². The molecule has 2 rings (SSSR count). The van der Waals surface area contributed by atoms with Crippen LogP contribution < -0.4 is 16.0 Å². The smallest absolute Gasteiger partial charge is 0.307 e. The SMILES string of the molecule is CCNC(=NCC1CC(=O)Nc2ccccc21)NCCC(=O)OC(C)C.I. The average Bonchev–Trinajstić information content (AvgIpc) is 2.58. The number of carbonyl (C=O) groups is 2. The fourth-order valence-electron chi connectivity index (χ4n) is 2.81. The van der Waals surface area contributed by atoms with E-state index in [2.05, 4.69) is 20.9 Å². The topological polar surface area (TPSA) is 91.8 Å². The Morgan fingerprint density at radius 1 is 1.33 bits per heavy atom. The molecule has 0 spiro atoms. The Bertz CT molecular complexity index is 664. The number of hydrogen-bond acceptors (Lipinski definition) is 4. The lowest BCUT2D eigenvalue weighted by atomic mass is 9.91. The van der Waals surface area contributed by atoms with Gasteiger partial charge in [0.05, 0.1) is 19.1 Å². The van der Waals surface area contributed by atoms with Gasteiger partial charge in [-0.2, -0.15) is 0 Å². The Morgan fingerprint density at radius 2 is 2.07 bits per heavy atom. The van der Waals surface area contributed by atoms with E-state index in [4.69, 9.17) is 4.74 Å². The lowest BCUT2D eigenvalue weighted by Crippen LogP contribution is -2.39. The van der Waals surface area contributed by atoms with Crippen molar-refractivity contribution in [1.82, 2.24) is 10.6 Å². The highest BCUT2D eigenvalue weighted by molar-refractivity contribution is 14.0. The van der Waals surface area contributed by atoms with Gasteiger partial charge in [0.15, 0.2) is 5.96 Å². The summed E-state index contributed by atoms with van der Waals surface area (Å²) in [7, 11) is 0. The number of fused-ring (bicyclic) bond motifs is 1. The maximum Gasteiger partial charge on any atom is 0.307 e. The van der Waals surface area contributed by atoms with Crippen molar-refractivity contribution in [2.75, 3.05) is 25.0 Å². The first-order valence-corrected chi connectivity index (χ1v) is 9.10. The molecule has 1 amide bonds. The summed E-state index contributed by atoms with van der Waals surface area (Å²) in [5.74, 6) is 0.453. The van der Waals surface area contributed by atoms with Gasteiger partial charge in [-0.3, -0.25) is 14.6 Å². The van der Waals surface area contributed by atoms with Crippen molar-refractivity contribution >= 4 is 47.5 Å². The third kappa shape index (κ3) is 7.74. The third-order valence-electron chi connectivity index (χ3n) is 3.91. The molecular formula is C19H29IN4O3. The molecule has 0 saturated carbocycles. The Kier molecular flexibility index (Phi) is 10.1. The van der Waals surface area contributed by atoms with Crippen LogP contribution in [0.5, 0.6) is 0 Å². The van der Waals surface area contributed by atoms with E-state index in [0.717, 1.165) is 11.3 Å². The first-order chi connectivity index (χ1) is 12.5. The summed E-state index contributed by atoms with van der Waals surface area (Å²) in [6, 6.07) is 7.81. The second-order valence-electron chi connectivity index (χ2n) is 6.47. The summed E-state index contributed by atoms with van der Waals surface area (Å²) in [6.45, 7) is 7.29. The largest absolute Gasteiger partial charge is 0.463 e. The van der Waals surface area contributed by atoms with Gasteiger partial charge in [-0.25, -0.2) is 0 Å². The Morgan fingerprint density at radius 3 is 2.78 bits per heavy atom. The highest BCUT2D eigenvalue weighted by atomic mass is 127. The minimum atomic E-state index is -0.235. The quantitative estimate of drug-likeness (QED) is 0.238. The normalized spacial score (nSPS) is 16.1. The molecule has 7 nitrogen and oxygen atoms in total. The van der Waals surface area contributed by atoms with E-state index >= 15 is 0 Å². The monoisotopic (exact) mass is 488 g/mol. The number of aliphatic imine (C=N–C) groups is 1. The molecular weight excluding hydrogens is 459 g/mol. The molecule has 1 atom stereocenters. The van der Waals surface area contributed by atoms with Gasteiger partial charge in [0.25, 0.3) is 0 Å². The van der Waals surface area contributed by atoms with Crippen molar-refractivity contribution in [3.8, 4) is 0 Å². The van der Waals surface area contributed by atoms with Gasteiger partial charge < -0.3 is 20.7 Å². The van der Waals surface area contributed by atoms with E-state index < -0.39 is 0 Å². The van der Waals surface area contributed by atoms with Crippen molar-refractivity contribution < 1.29 is 14.3 Å². The number of rotatable bonds is 7. The standard InChI is InChI=1S/C19H28N4O3.HI/c1-4-20-19(21-10-9-18(25)26-13(2)3)22-12-14-11-17(24)23-16-8-6-5-7-15(14)16;/h5-8,13-14H,4,9-12H2,1-3H3,(H,23,24)(H2,20,21,22);1H. The number of guanidine groups is 1. The highest BCUT2D eigenvalue weighted by Crippen LogP contribution is 2.31. The van der Waals surface area contributed by atoms with Crippen LogP contribution in [0.4, 0.5) is 5.69 Å². The molecule has 8 heteroatoms. The van der Waals surface area contributed by atoms with Gasteiger partial charge in [0, 0.05) is 31.1 Å². The number of para-hydroxylation sites is 1. The molecule has 150 valence electrons. The first kappa shape index (κ1) is 23.2. The van der Waals surface area contributed by atoms with Crippen LogP contribution in [0.25, 0.3) is 0 Å². The van der Waals surface area contributed by atoms with Crippen molar-refractivity contribution in [3.05, 3.63) is 29.8 Å². The van der Waals surface area contributed by atoms with E-state index in [9.17, 15) is 9.59 Å². The van der Waals surface area contributed by atoms with E-state index in [-0.39, 0.29) is 54.3 Å². The maximum absolute atomic E-state index is 11.9. The van der Waals surface area contributed by atoms with E-state index in [1.165, 1.54) is 0 Å². The maximum atomic E-state index is 11.9. The molecule has 0 fully saturated rings. The van der Waals surface area contributed by atoms with Crippen LogP contribution in [0.3, 0.4) is 0 Å². The first-order valence-electron chi connectivity index (χ1n) is 9.10. The summed E-state index contributed by atoms with van der Waals surface area (Å²) in [5.41, 5.74) is 1.96. The number of nitrogens with one attached hydrogen (secondary N) is 3. The van der Waals surface area contributed by atoms with Gasteiger partial charge in [-0.1, -0.05) is 18.2 Å². The molecule has 0 aliphatic carbocycles. The molecule has 27 heavy (non-hydrogen) atoms. The van der Waals surface area contributed by atoms with Crippen molar-refractivity contribution in [2.45, 2.75) is 45.6 Å². The van der Waals surface area contributed by atoms with E-state index in [1.54, 1.807) is 0 Å². The van der Waals surface area contributed by atoms with Gasteiger partial charge in [0.2, 0.25) is 5.91 Å². The van der Waals surface area contributed by atoms with Crippen molar-refractivity contribution in [3.63, 3.8) is 0 Å². The predicted octanol–water partition coefficient (Wildman–Crippen LogP) is 2.63. The van der Waals surface area contributed by atoms with Gasteiger partial charge in [0.1, 0.15) is 0 Å². The Hall–Kier alpha value is -1.84. The van der Waals surface area contributed by atoms with Crippen LogP contribution in [0, 0.1) is 0 Å². The molecule has 1 heterocycles. The molecule has 1 unspecified atom stereocenters. The number of benzene rings is 1. The van der Waals surface area contributed by atoms with Crippen molar-refractivity contribution in [2.24, 2.45) is 4.99 Å². The molecule has 0 bridgehead atoms. The van der Waals surface area contributed by atoms with Crippen LogP contribution in [0.2, 0.25) is 0 Å². The Labute approximate surface area is 177 Å². The van der Waals surface area contributed by atoms with Crippen LogP contribution >= 0.6 is 24.0 Å². The lowest BCUT2D eigenvalue weighted by molar-refractivity contribution is -0.147. The van der Waals surface area contributed by atoms with Gasteiger partial charge >= 0.3 is 5.97 Å². The molecule has 0 radical (unpaired) electrons. The van der Waals surface area contributed by atoms with Gasteiger partial charge in [-0.05, 0) is 32.4 Å². The van der Waals surface area contributed by atoms with E-state index in [1.807, 2.05) is 45.0 Å². The molecule has 3 N–H and O–H groups in total. The number of halogens is 1. The fourth-order valence-corrected chi connectivity index (χ4v) is 2.81. The second kappa shape index (κ2) is 11.8. The summed E-state index contributed by atoms with van der Waals surface area (Å²) in [4.78, 5) is 28.1. The summed E-state index contributed by atoms with van der Waals surface area (Å²) in [6.07, 6.45) is 0.583. The molecule has 0 saturated heterocycles. The molecule has 1 aromatic rings. The number of anilines is 1. The second-order valence-corrected chi connectivity index (χ2v) is 6.47. The molecule has 0 aromatic heterocycles. The minimum Gasteiger partial charge on any atom is -0.463 e. The van der Waals surface area contributed by atoms with Crippen LogP contribution in [0.15, 0.2) is 29.3 Å². The number of amides is 1. The summed E-state index contributed by atoms with van der Waals surface area (Å²) >= 11 is 0. The highest BCUT2D eigenvalue weighted by Gasteiger charge is 2.24. The van der Waals surface area contributed by atoms with E-state index in [0.29, 0.717) is 32.0 Å². The average molecular weight is 488 g/mol. The fraction of sp³-hybridized carbons (Fsp3) is 0.526. The lowest BCUT2D eigenvalue weighted by Gasteiger charge is -2.24. The summed E-state index contributed by atoms with van der Waals surface area (Å²) < 4.78 is 5.11. The number of hydrogen-bond donors (Lipinski definition) is 3. The molecule has 1 aromatic carbocycles. The minimum absolute atomic E-state index is 0. The van der Waals surface area contributed by atoms with Crippen LogP contribution in [-0.4, -0.2) is 43.6 Å². The summed E-state index contributed by atoms with van der Waals surface area (Å²) in [5, 5.41) is 9.19. The Balaban J connectivity index is 0.00000364. The van der Waals surface area contributed by atoms with Gasteiger partial charge in [-0.15, -0.1) is 24.0 Å². The molecule has 1 aliphatic rings. The number of ether oxygens (including phenoxy) is 1. The number of esters is 1.